The van der Waals surface area contributed by atoms with Crippen molar-refractivity contribution in [1.29, 1.82) is 0 Å². The summed E-state index contributed by atoms with van der Waals surface area (Å²) in [5, 5.41) is 17.3. The highest BCUT2D eigenvalue weighted by atomic mass is 19.1. The Kier molecular flexibility index (Phi) is 8.19. The Morgan fingerprint density at radius 1 is 1.05 bits per heavy atom. The maximum Gasteiger partial charge on any atom is 0.377 e. The third-order valence-corrected chi connectivity index (χ3v) is 7.33. The number of carbonyl (C=O) groups is 3. The van der Waals surface area contributed by atoms with Crippen LogP contribution in [0.3, 0.4) is 0 Å². The molecule has 43 heavy (non-hydrogen) atoms. The number of aromatic carboxylic acids is 1. The minimum Gasteiger partial charge on any atom is -0.478 e. The summed E-state index contributed by atoms with van der Waals surface area (Å²) < 4.78 is 36.1. The van der Waals surface area contributed by atoms with Crippen molar-refractivity contribution in [1.82, 2.24) is 24.4 Å². The fourth-order valence-electron chi connectivity index (χ4n) is 5.33. The summed E-state index contributed by atoms with van der Waals surface area (Å²) in [6, 6.07) is 7.54. The molecule has 1 aliphatic carbocycles. The van der Waals surface area contributed by atoms with Gasteiger partial charge in [0.15, 0.2) is 11.6 Å². The lowest BCUT2D eigenvalue weighted by Gasteiger charge is -2.34. The number of carboxylic acids is 1. The number of carbonyl (C=O) groups excluding carboxylic acids is 2. The number of hydrogen-bond acceptors (Lipinski definition) is 7. The first kappa shape index (κ1) is 29.4. The minimum atomic E-state index is -1.29. The highest BCUT2D eigenvalue weighted by Gasteiger charge is 2.32. The van der Waals surface area contributed by atoms with E-state index in [4.69, 9.17) is 4.74 Å². The molecule has 0 bridgehead atoms. The molecule has 14 heteroatoms. The first-order valence-electron chi connectivity index (χ1n) is 13.7. The van der Waals surface area contributed by atoms with E-state index in [9.17, 15) is 33.1 Å². The lowest BCUT2D eigenvalue weighted by Crippen LogP contribution is -2.47. The molecule has 0 aliphatic heterocycles. The molecule has 1 aliphatic rings. The number of nitrogens with zero attached hydrogens (tertiary/aromatic N) is 6. The number of amides is 1. The van der Waals surface area contributed by atoms with Gasteiger partial charge in [-0.3, -0.25) is 4.90 Å². The normalized spacial score (nSPS) is 13.6. The molecule has 2 aromatic heterocycles. The van der Waals surface area contributed by atoms with Crippen molar-refractivity contribution in [2.45, 2.75) is 52.0 Å². The van der Waals surface area contributed by atoms with Crippen molar-refractivity contribution in [2.24, 2.45) is 0 Å². The summed E-state index contributed by atoms with van der Waals surface area (Å²) in [5.41, 5.74) is -0.929. The van der Waals surface area contributed by atoms with E-state index in [1.54, 1.807) is 19.9 Å². The van der Waals surface area contributed by atoms with Crippen LogP contribution in [0.25, 0.3) is 11.4 Å². The molecular formula is C29H28F2N6O6. The molecule has 0 spiro atoms. The predicted octanol–water partition coefficient (Wildman–Crippen LogP) is 4.49. The molecule has 5 rings (SSSR count). The number of hydrogen-bond donors (Lipinski definition) is 1. The molecule has 12 nitrogen and oxygen atoms in total. The number of aryl methyl sites for hydroxylation is 1. The Bertz CT molecular complexity index is 1750. The molecule has 4 aromatic rings. The van der Waals surface area contributed by atoms with Gasteiger partial charge in [-0.2, -0.15) is 4.68 Å². The second-order valence-corrected chi connectivity index (χ2v) is 10.1. The molecule has 1 N–H and O–H groups in total. The maximum absolute atomic E-state index is 14.4. The topological polar surface area (TPSA) is 142 Å². The van der Waals surface area contributed by atoms with Crippen LogP contribution in [0.2, 0.25) is 0 Å². The van der Waals surface area contributed by atoms with Gasteiger partial charge in [0.2, 0.25) is 0 Å². The van der Waals surface area contributed by atoms with Crippen LogP contribution in [-0.4, -0.2) is 60.1 Å². The molecule has 1 amide bonds. The van der Waals surface area contributed by atoms with Crippen molar-refractivity contribution in [3.8, 4) is 11.4 Å². The van der Waals surface area contributed by atoms with Crippen molar-refractivity contribution >= 4 is 23.7 Å². The largest absolute Gasteiger partial charge is 0.478 e. The van der Waals surface area contributed by atoms with E-state index in [1.165, 1.54) is 33.9 Å². The van der Waals surface area contributed by atoms with Gasteiger partial charge in [0.1, 0.15) is 5.69 Å². The number of para-hydroxylation sites is 1. The average Bonchev–Trinajstić information content (AvgIpc) is 3.56. The van der Waals surface area contributed by atoms with Gasteiger partial charge in [-0.1, -0.05) is 25.3 Å². The van der Waals surface area contributed by atoms with Gasteiger partial charge in [-0.15, -0.1) is 4.68 Å². The number of aromatic nitrogens is 5. The molecule has 0 unspecified atom stereocenters. The molecule has 2 aromatic carbocycles. The van der Waals surface area contributed by atoms with Gasteiger partial charge in [0.25, 0.3) is 0 Å². The Morgan fingerprint density at radius 3 is 2.40 bits per heavy atom. The quantitative estimate of drug-likeness (QED) is 0.244. The zero-order valence-corrected chi connectivity index (χ0v) is 23.4. The monoisotopic (exact) mass is 594 g/mol. The first-order chi connectivity index (χ1) is 20.6. The van der Waals surface area contributed by atoms with Crippen molar-refractivity contribution in [3.63, 3.8) is 0 Å². The molecule has 0 saturated heterocycles. The van der Waals surface area contributed by atoms with E-state index >= 15 is 0 Å². The lowest BCUT2D eigenvalue weighted by molar-refractivity contribution is 0.0526. The summed E-state index contributed by atoms with van der Waals surface area (Å²) in [4.78, 5) is 53.1. The lowest BCUT2D eigenvalue weighted by atomic mass is 9.93. The Balaban J connectivity index is 1.59. The van der Waals surface area contributed by atoms with E-state index in [2.05, 4.69) is 10.4 Å². The number of tetrazole rings is 1. The predicted molar refractivity (Wildman–Crippen MR) is 149 cm³/mol. The molecular weight excluding hydrogens is 566 g/mol. The number of esters is 1. The summed E-state index contributed by atoms with van der Waals surface area (Å²) >= 11 is 0. The first-order valence-corrected chi connectivity index (χ1v) is 13.7. The van der Waals surface area contributed by atoms with E-state index in [0.29, 0.717) is 27.9 Å². The second kappa shape index (κ2) is 12.0. The van der Waals surface area contributed by atoms with Crippen LogP contribution >= 0.6 is 0 Å². The fourth-order valence-corrected chi connectivity index (χ4v) is 5.33. The molecule has 0 atom stereocenters. The molecule has 0 radical (unpaired) electrons. The summed E-state index contributed by atoms with van der Waals surface area (Å²) in [7, 11) is 0. The SMILES string of the molecule is CCOC(=O)c1cc(C)n(-c2ccc(N(C(=O)n3nnn(-c4c(F)cccc4F)c3=O)C3CCCCC3)cc2C(=O)O)c1. The zero-order valence-electron chi connectivity index (χ0n) is 23.4. The third kappa shape index (κ3) is 5.55. The van der Waals surface area contributed by atoms with Crippen LogP contribution in [0.1, 0.15) is 65.4 Å². The Morgan fingerprint density at radius 2 is 1.74 bits per heavy atom. The van der Waals surface area contributed by atoms with Gasteiger partial charge in [-0.25, -0.2) is 28.0 Å². The molecule has 224 valence electrons. The summed E-state index contributed by atoms with van der Waals surface area (Å²) in [6.45, 7) is 3.55. The number of benzene rings is 2. The van der Waals surface area contributed by atoms with Crippen molar-refractivity contribution in [2.75, 3.05) is 11.5 Å². The Hall–Kier alpha value is -5.14. The van der Waals surface area contributed by atoms with Crippen molar-refractivity contribution in [3.05, 3.63) is 87.6 Å². The van der Waals surface area contributed by atoms with Crippen LogP contribution in [0.15, 0.2) is 53.5 Å². The highest BCUT2D eigenvalue weighted by molar-refractivity contribution is 5.98. The van der Waals surface area contributed by atoms with Crippen molar-refractivity contribution < 1.29 is 33.0 Å². The van der Waals surface area contributed by atoms with Gasteiger partial charge in [0.05, 0.1) is 23.4 Å². The van der Waals surface area contributed by atoms with Gasteiger partial charge < -0.3 is 14.4 Å². The van der Waals surface area contributed by atoms with Gasteiger partial charge in [-0.05, 0) is 73.5 Å². The smallest absolute Gasteiger partial charge is 0.377 e. The second-order valence-electron chi connectivity index (χ2n) is 10.1. The number of rotatable bonds is 7. The molecule has 2 heterocycles. The van der Waals surface area contributed by atoms with Crippen LogP contribution in [0.5, 0.6) is 0 Å². The van der Waals surface area contributed by atoms with E-state index < -0.39 is 47.0 Å². The van der Waals surface area contributed by atoms with Gasteiger partial charge >= 0.3 is 23.7 Å². The summed E-state index contributed by atoms with van der Waals surface area (Å²) in [6.07, 6.45) is 5.13. The number of anilines is 1. The molecule has 1 fully saturated rings. The van der Waals surface area contributed by atoms with E-state index in [0.717, 1.165) is 37.5 Å². The average molecular weight is 595 g/mol. The molecule has 1 saturated carbocycles. The minimum absolute atomic E-state index is 0.173. The number of ether oxygens (including phenoxy) is 1. The highest BCUT2D eigenvalue weighted by Crippen LogP contribution is 2.31. The number of halogens is 2. The fraction of sp³-hybridized carbons (Fsp3) is 0.310. The van der Waals surface area contributed by atoms with Crippen LogP contribution < -0.4 is 10.6 Å². The third-order valence-electron chi connectivity index (χ3n) is 7.33. The van der Waals surface area contributed by atoms with E-state index in [-0.39, 0.29) is 29.1 Å². The zero-order chi connectivity index (χ0) is 30.8. The van der Waals surface area contributed by atoms with E-state index in [1.807, 2.05) is 0 Å². The van der Waals surface area contributed by atoms with Crippen LogP contribution in [-0.2, 0) is 4.74 Å². The summed E-state index contributed by atoms with van der Waals surface area (Å²) in [5.74, 6) is -3.99. The van der Waals surface area contributed by atoms with Crippen LogP contribution in [0.4, 0.5) is 19.3 Å². The van der Waals surface area contributed by atoms with Crippen LogP contribution in [0, 0.1) is 18.6 Å². The Labute approximate surface area is 243 Å². The van der Waals surface area contributed by atoms with Gasteiger partial charge in [0, 0.05) is 23.6 Å². The standard InChI is InChI=1S/C29H28F2N6O6/c1-3-43-27(40)18-14-17(2)34(16-18)24-13-12-20(15-21(24)26(38)39)35(19-8-5-4-6-9-19)28(41)37-29(42)36(32-33-37)25-22(30)10-7-11-23(25)31/h7,10-16,19H,3-6,8-9H2,1-2H3,(H,38,39). The number of carboxylic acid groups (broad SMARTS) is 1. The maximum atomic E-state index is 14.4.